The van der Waals surface area contributed by atoms with E-state index in [4.69, 9.17) is 21.1 Å². The lowest BCUT2D eigenvalue weighted by molar-refractivity contribution is 0.143. The summed E-state index contributed by atoms with van der Waals surface area (Å²) in [7, 11) is 1.53. The molecule has 0 saturated heterocycles. The van der Waals surface area contributed by atoms with Crippen LogP contribution >= 0.6 is 11.6 Å². The second-order valence-corrected chi connectivity index (χ2v) is 7.61. The standard InChI is InChI=1S/C25H23ClN2O3/c1-30-24-23(26)14-17(15-28-24)8-6-7-13-27-25(29)31-16-22-20-11-4-2-9-18(20)19-10-3-5-12-21(19)22/h2-6,8-12,14-15,22H,7,13,16H2,1H3,(H,27,29). The van der Waals surface area contributed by atoms with Gasteiger partial charge in [0.1, 0.15) is 11.6 Å². The molecule has 0 unspecified atom stereocenters. The van der Waals surface area contributed by atoms with E-state index in [1.54, 1.807) is 12.3 Å². The number of benzene rings is 2. The summed E-state index contributed by atoms with van der Waals surface area (Å²) in [5.41, 5.74) is 5.69. The molecule has 0 fully saturated rings. The van der Waals surface area contributed by atoms with Gasteiger partial charge in [0.25, 0.3) is 0 Å². The monoisotopic (exact) mass is 434 g/mol. The van der Waals surface area contributed by atoms with Gasteiger partial charge in [0.15, 0.2) is 0 Å². The maximum atomic E-state index is 12.2. The summed E-state index contributed by atoms with van der Waals surface area (Å²) in [6.07, 6.45) is 5.78. The number of halogens is 1. The maximum Gasteiger partial charge on any atom is 0.407 e. The highest BCUT2D eigenvalue weighted by molar-refractivity contribution is 6.31. The van der Waals surface area contributed by atoms with Crippen molar-refractivity contribution < 1.29 is 14.3 Å². The maximum absolute atomic E-state index is 12.2. The summed E-state index contributed by atoms with van der Waals surface area (Å²) in [4.78, 5) is 16.3. The molecule has 1 aliphatic rings. The highest BCUT2D eigenvalue weighted by Crippen LogP contribution is 2.44. The third kappa shape index (κ3) is 4.72. The number of ether oxygens (including phenoxy) is 2. The SMILES string of the molecule is COc1ncc(C=CCCNC(=O)OCC2c3ccccc3-c3ccccc32)cc1Cl. The number of methoxy groups -OCH3 is 1. The number of rotatable bonds is 7. The van der Waals surface area contributed by atoms with Gasteiger partial charge in [0, 0.05) is 18.7 Å². The number of hydrogen-bond donors (Lipinski definition) is 1. The van der Waals surface area contributed by atoms with E-state index in [2.05, 4.69) is 34.6 Å². The van der Waals surface area contributed by atoms with Crippen LogP contribution in [0, 0.1) is 0 Å². The molecule has 1 N–H and O–H groups in total. The number of aromatic nitrogens is 1. The third-order valence-corrected chi connectivity index (χ3v) is 5.53. The van der Waals surface area contributed by atoms with E-state index in [1.807, 2.05) is 36.4 Å². The fourth-order valence-electron chi connectivity index (χ4n) is 3.81. The Labute approximate surface area is 186 Å². The third-order valence-electron chi connectivity index (χ3n) is 5.26. The number of nitrogens with zero attached hydrogens (tertiary/aromatic N) is 1. The molecule has 158 valence electrons. The highest BCUT2D eigenvalue weighted by atomic mass is 35.5. The van der Waals surface area contributed by atoms with E-state index < -0.39 is 6.09 Å². The minimum atomic E-state index is -0.413. The Hall–Kier alpha value is -3.31. The number of carbonyl (C=O) groups excluding carboxylic acids is 1. The fraction of sp³-hybridized carbons (Fsp3) is 0.200. The summed E-state index contributed by atoms with van der Waals surface area (Å²) < 4.78 is 10.6. The minimum Gasteiger partial charge on any atom is -0.480 e. The Balaban J connectivity index is 1.26. The number of fused-ring (bicyclic) bond motifs is 3. The van der Waals surface area contributed by atoms with Crippen LogP contribution < -0.4 is 10.1 Å². The summed E-state index contributed by atoms with van der Waals surface area (Å²) in [5.74, 6) is 0.459. The molecule has 1 aliphatic carbocycles. The molecule has 1 aromatic heterocycles. The molecule has 2 aromatic carbocycles. The second kappa shape index (κ2) is 9.67. The van der Waals surface area contributed by atoms with Gasteiger partial charge in [0.05, 0.1) is 7.11 Å². The lowest BCUT2D eigenvalue weighted by atomic mass is 9.98. The fourth-order valence-corrected chi connectivity index (χ4v) is 4.06. The Morgan fingerprint density at radius 3 is 2.45 bits per heavy atom. The number of pyridine rings is 1. The van der Waals surface area contributed by atoms with Crippen molar-refractivity contribution in [1.29, 1.82) is 0 Å². The van der Waals surface area contributed by atoms with Gasteiger partial charge in [-0.05, 0) is 40.3 Å². The first kappa shape index (κ1) is 20.9. The van der Waals surface area contributed by atoms with Crippen molar-refractivity contribution in [1.82, 2.24) is 10.3 Å². The van der Waals surface area contributed by atoms with Gasteiger partial charge in [-0.25, -0.2) is 9.78 Å². The first-order valence-electron chi connectivity index (χ1n) is 10.1. The summed E-state index contributed by atoms with van der Waals surface area (Å²) >= 11 is 6.07. The van der Waals surface area contributed by atoms with E-state index >= 15 is 0 Å². The minimum absolute atomic E-state index is 0.0605. The normalized spacial score (nSPS) is 12.5. The van der Waals surface area contributed by atoms with Crippen LogP contribution in [-0.4, -0.2) is 31.3 Å². The van der Waals surface area contributed by atoms with Crippen LogP contribution in [0.25, 0.3) is 17.2 Å². The van der Waals surface area contributed by atoms with E-state index in [-0.39, 0.29) is 5.92 Å². The molecule has 4 rings (SSSR count). The quantitative estimate of drug-likeness (QED) is 0.485. The number of amides is 1. The van der Waals surface area contributed by atoms with Crippen molar-refractivity contribution in [3.63, 3.8) is 0 Å². The molecule has 0 spiro atoms. The van der Waals surface area contributed by atoms with E-state index in [9.17, 15) is 4.79 Å². The summed E-state index contributed by atoms with van der Waals surface area (Å²) in [5, 5.41) is 3.26. The zero-order valence-corrected chi connectivity index (χ0v) is 17.9. The highest BCUT2D eigenvalue weighted by Gasteiger charge is 2.28. The predicted octanol–water partition coefficient (Wildman–Crippen LogP) is 5.69. The van der Waals surface area contributed by atoms with Gasteiger partial charge in [-0.1, -0.05) is 72.3 Å². The van der Waals surface area contributed by atoms with Crippen molar-refractivity contribution in [3.8, 4) is 17.0 Å². The molecule has 31 heavy (non-hydrogen) atoms. The van der Waals surface area contributed by atoms with Gasteiger partial charge in [0.2, 0.25) is 5.88 Å². The first-order chi connectivity index (χ1) is 15.2. The molecule has 1 heterocycles. The van der Waals surface area contributed by atoms with Crippen LogP contribution in [0.3, 0.4) is 0 Å². The summed E-state index contributed by atoms with van der Waals surface area (Å²) in [6.45, 7) is 0.788. The molecule has 6 heteroatoms. The Morgan fingerprint density at radius 2 is 1.81 bits per heavy atom. The molecule has 0 aliphatic heterocycles. The van der Waals surface area contributed by atoms with Crippen molar-refractivity contribution >= 4 is 23.8 Å². The lowest BCUT2D eigenvalue weighted by Crippen LogP contribution is -2.26. The zero-order chi connectivity index (χ0) is 21.6. The first-order valence-corrected chi connectivity index (χ1v) is 10.5. The van der Waals surface area contributed by atoms with Crippen LogP contribution in [0.15, 0.2) is 66.9 Å². The number of alkyl carbamates (subject to hydrolysis) is 1. The average Bonchev–Trinajstić information content (AvgIpc) is 3.11. The van der Waals surface area contributed by atoms with Crippen LogP contribution in [0.2, 0.25) is 5.02 Å². The molecule has 3 aromatic rings. The van der Waals surface area contributed by atoms with E-state index in [0.717, 1.165) is 5.56 Å². The van der Waals surface area contributed by atoms with Crippen LogP contribution in [-0.2, 0) is 4.74 Å². The van der Waals surface area contributed by atoms with Crippen LogP contribution in [0.1, 0.15) is 29.0 Å². The zero-order valence-electron chi connectivity index (χ0n) is 17.2. The van der Waals surface area contributed by atoms with Gasteiger partial charge in [-0.15, -0.1) is 0 Å². The van der Waals surface area contributed by atoms with Crippen LogP contribution in [0.5, 0.6) is 5.88 Å². The smallest absolute Gasteiger partial charge is 0.407 e. The van der Waals surface area contributed by atoms with Gasteiger partial charge < -0.3 is 14.8 Å². The van der Waals surface area contributed by atoms with Gasteiger partial charge in [-0.3, -0.25) is 0 Å². The lowest BCUT2D eigenvalue weighted by Gasteiger charge is -2.14. The number of carbonyl (C=O) groups is 1. The Kier molecular flexibility index (Phi) is 6.53. The van der Waals surface area contributed by atoms with Crippen molar-refractivity contribution in [2.24, 2.45) is 0 Å². The molecule has 1 amide bonds. The van der Waals surface area contributed by atoms with Gasteiger partial charge >= 0.3 is 6.09 Å². The summed E-state index contributed by atoms with van der Waals surface area (Å²) in [6, 6.07) is 18.3. The second-order valence-electron chi connectivity index (χ2n) is 7.20. The van der Waals surface area contributed by atoms with Gasteiger partial charge in [-0.2, -0.15) is 0 Å². The van der Waals surface area contributed by atoms with Crippen molar-refractivity contribution in [2.45, 2.75) is 12.3 Å². The predicted molar refractivity (Wildman–Crippen MR) is 123 cm³/mol. The van der Waals surface area contributed by atoms with Crippen molar-refractivity contribution in [2.75, 3.05) is 20.3 Å². The molecule has 0 atom stereocenters. The van der Waals surface area contributed by atoms with Crippen LogP contribution in [0.4, 0.5) is 4.79 Å². The molecule has 0 radical (unpaired) electrons. The number of nitrogens with one attached hydrogen (secondary N) is 1. The molecular weight excluding hydrogens is 412 g/mol. The molecule has 0 saturated carbocycles. The largest absolute Gasteiger partial charge is 0.480 e. The average molecular weight is 435 g/mol. The van der Waals surface area contributed by atoms with Crippen molar-refractivity contribution in [3.05, 3.63) is 88.6 Å². The Bertz CT molecular complexity index is 1070. The van der Waals surface area contributed by atoms with E-state index in [1.165, 1.54) is 29.4 Å². The topological polar surface area (TPSA) is 60.5 Å². The number of hydrogen-bond acceptors (Lipinski definition) is 4. The molecular formula is C25H23ClN2O3. The Morgan fingerprint density at radius 1 is 1.13 bits per heavy atom. The molecule has 0 bridgehead atoms. The van der Waals surface area contributed by atoms with E-state index in [0.29, 0.717) is 30.5 Å². The molecule has 5 nitrogen and oxygen atoms in total.